The average molecular weight is 247 g/mol. The van der Waals surface area contributed by atoms with Gasteiger partial charge in [0.1, 0.15) is 0 Å². The van der Waals surface area contributed by atoms with E-state index in [2.05, 4.69) is 29.8 Å². The fourth-order valence-corrected chi connectivity index (χ4v) is 3.27. The van der Waals surface area contributed by atoms with Crippen molar-refractivity contribution in [2.24, 2.45) is 17.8 Å². The van der Waals surface area contributed by atoms with Crippen LogP contribution in [-0.2, 0) is 0 Å². The Morgan fingerprint density at radius 1 is 1.15 bits per heavy atom. The molecular formula is C12H23Br. The van der Waals surface area contributed by atoms with E-state index in [1.54, 1.807) is 0 Å². The molecule has 0 spiro atoms. The van der Waals surface area contributed by atoms with Gasteiger partial charge >= 0.3 is 0 Å². The second-order valence-corrected chi connectivity index (χ2v) is 5.58. The Morgan fingerprint density at radius 2 is 1.77 bits per heavy atom. The molecule has 0 heterocycles. The first-order chi connectivity index (χ1) is 6.24. The predicted molar refractivity (Wildman–Crippen MR) is 63.3 cm³/mol. The minimum Gasteiger partial charge on any atom is -0.0925 e. The maximum Gasteiger partial charge on any atom is 0.00623 e. The van der Waals surface area contributed by atoms with E-state index in [4.69, 9.17) is 0 Å². The summed E-state index contributed by atoms with van der Waals surface area (Å²) in [6.07, 6.45) is 8.80. The highest BCUT2D eigenvalue weighted by molar-refractivity contribution is 9.09. The number of alkyl halides is 1. The highest BCUT2D eigenvalue weighted by Gasteiger charge is 2.23. The normalized spacial score (nSPS) is 21.2. The van der Waals surface area contributed by atoms with E-state index in [0.29, 0.717) is 0 Å². The summed E-state index contributed by atoms with van der Waals surface area (Å²) in [5.41, 5.74) is 0. The van der Waals surface area contributed by atoms with Gasteiger partial charge in [-0.2, -0.15) is 0 Å². The maximum absolute atomic E-state index is 3.68. The van der Waals surface area contributed by atoms with Crippen molar-refractivity contribution in [3.05, 3.63) is 0 Å². The van der Waals surface area contributed by atoms with Crippen LogP contribution in [0.5, 0.6) is 0 Å². The van der Waals surface area contributed by atoms with Gasteiger partial charge in [0.2, 0.25) is 0 Å². The van der Waals surface area contributed by atoms with Gasteiger partial charge in [-0.05, 0) is 24.2 Å². The van der Waals surface area contributed by atoms with Gasteiger partial charge < -0.3 is 0 Å². The molecule has 0 radical (unpaired) electrons. The van der Waals surface area contributed by atoms with Crippen molar-refractivity contribution in [1.29, 1.82) is 0 Å². The monoisotopic (exact) mass is 246 g/mol. The van der Waals surface area contributed by atoms with Crippen LogP contribution in [0, 0.1) is 17.8 Å². The van der Waals surface area contributed by atoms with Gasteiger partial charge in [-0.15, -0.1) is 0 Å². The molecule has 0 aromatic carbocycles. The molecular weight excluding hydrogens is 224 g/mol. The van der Waals surface area contributed by atoms with Crippen molar-refractivity contribution >= 4 is 15.9 Å². The van der Waals surface area contributed by atoms with Gasteiger partial charge in [0, 0.05) is 5.33 Å². The predicted octanol–water partition coefficient (Wildman–Crippen LogP) is 4.62. The zero-order valence-electron chi connectivity index (χ0n) is 9.06. The van der Waals surface area contributed by atoms with Crippen LogP contribution in [0.15, 0.2) is 0 Å². The first kappa shape index (κ1) is 11.6. The van der Waals surface area contributed by atoms with Gasteiger partial charge in [0.15, 0.2) is 0 Å². The van der Waals surface area contributed by atoms with Gasteiger partial charge in [0.05, 0.1) is 0 Å². The Balaban J connectivity index is 2.24. The third-order valence-corrected chi connectivity index (χ3v) is 4.21. The molecule has 0 aromatic heterocycles. The van der Waals surface area contributed by atoms with Crippen LogP contribution >= 0.6 is 15.9 Å². The molecule has 1 unspecified atom stereocenters. The van der Waals surface area contributed by atoms with E-state index in [1.165, 1.54) is 43.9 Å². The molecule has 1 heteroatoms. The molecule has 0 saturated heterocycles. The summed E-state index contributed by atoms with van der Waals surface area (Å²) >= 11 is 3.68. The molecule has 78 valence electrons. The van der Waals surface area contributed by atoms with E-state index >= 15 is 0 Å². The second kappa shape index (κ2) is 6.06. The van der Waals surface area contributed by atoms with Crippen LogP contribution in [0.25, 0.3) is 0 Å². The molecule has 1 saturated carbocycles. The second-order valence-electron chi connectivity index (χ2n) is 4.93. The Hall–Kier alpha value is 0.480. The summed E-state index contributed by atoms with van der Waals surface area (Å²) in [5, 5.41) is 1.23. The van der Waals surface area contributed by atoms with Crippen molar-refractivity contribution in [2.45, 2.75) is 52.4 Å². The molecule has 1 rings (SSSR count). The average Bonchev–Trinajstić information content (AvgIpc) is 2.58. The number of halogens is 1. The standard InChI is InChI=1S/C12H23Br/c1-10(2)7-8-12(9-13)11-5-3-4-6-11/h10-12H,3-9H2,1-2H3. The summed E-state index contributed by atoms with van der Waals surface area (Å²) in [4.78, 5) is 0. The summed E-state index contributed by atoms with van der Waals surface area (Å²) in [6, 6.07) is 0. The van der Waals surface area contributed by atoms with E-state index in [1.807, 2.05) is 0 Å². The van der Waals surface area contributed by atoms with E-state index in [-0.39, 0.29) is 0 Å². The Kier molecular flexibility index (Phi) is 5.38. The first-order valence-corrected chi connectivity index (χ1v) is 6.92. The molecule has 0 N–H and O–H groups in total. The summed E-state index contributed by atoms with van der Waals surface area (Å²) in [7, 11) is 0. The largest absolute Gasteiger partial charge is 0.0925 e. The summed E-state index contributed by atoms with van der Waals surface area (Å²) in [6.45, 7) is 4.67. The minimum atomic E-state index is 0.878. The van der Waals surface area contributed by atoms with Crippen molar-refractivity contribution < 1.29 is 0 Å². The Bertz CT molecular complexity index is 125. The molecule has 1 atom stereocenters. The summed E-state index contributed by atoms with van der Waals surface area (Å²) < 4.78 is 0. The van der Waals surface area contributed by atoms with Crippen molar-refractivity contribution in [2.75, 3.05) is 5.33 Å². The third-order valence-electron chi connectivity index (χ3n) is 3.38. The molecule has 0 amide bonds. The van der Waals surface area contributed by atoms with Crippen LogP contribution in [0.4, 0.5) is 0 Å². The van der Waals surface area contributed by atoms with Crippen LogP contribution in [0.1, 0.15) is 52.4 Å². The lowest BCUT2D eigenvalue weighted by Crippen LogP contribution is -2.14. The highest BCUT2D eigenvalue weighted by Crippen LogP contribution is 2.35. The summed E-state index contributed by atoms with van der Waals surface area (Å²) in [5.74, 6) is 2.88. The van der Waals surface area contributed by atoms with Gasteiger partial charge in [-0.25, -0.2) is 0 Å². The number of hydrogen-bond acceptors (Lipinski definition) is 0. The fraction of sp³-hybridized carbons (Fsp3) is 1.00. The maximum atomic E-state index is 3.68. The zero-order chi connectivity index (χ0) is 9.68. The molecule has 13 heavy (non-hydrogen) atoms. The van der Waals surface area contributed by atoms with Crippen LogP contribution < -0.4 is 0 Å². The quantitative estimate of drug-likeness (QED) is 0.621. The Morgan fingerprint density at radius 3 is 2.23 bits per heavy atom. The van der Waals surface area contributed by atoms with Crippen LogP contribution in [0.3, 0.4) is 0 Å². The Labute approximate surface area is 91.6 Å². The van der Waals surface area contributed by atoms with Gasteiger partial charge in [-0.3, -0.25) is 0 Å². The lowest BCUT2D eigenvalue weighted by atomic mass is 9.87. The van der Waals surface area contributed by atoms with Crippen molar-refractivity contribution in [1.82, 2.24) is 0 Å². The van der Waals surface area contributed by atoms with Crippen molar-refractivity contribution in [3.8, 4) is 0 Å². The van der Waals surface area contributed by atoms with Gasteiger partial charge in [-0.1, -0.05) is 61.9 Å². The van der Waals surface area contributed by atoms with E-state index in [0.717, 1.165) is 17.8 Å². The van der Waals surface area contributed by atoms with Crippen LogP contribution in [-0.4, -0.2) is 5.33 Å². The molecule has 0 aromatic rings. The molecule has 1 aliphatic carbocycles. The lowest BCUT2D eigenvalue weighted by molar-refractivity contribution is 0.329. The first-order valence-electron chi connectivity index (χ1n) is 5.80. The minimum absolute atomic E-state index is 0.878. The number of hydrogen-bond donors (Lipinski definition) is 0. The molecule has 0 aliphatic heterocycles. The van der Waals surface area contributed by atoms with E-state index in [9.17, 15) is 0 Å². The third kappa shape index (κ3) is 4.01. The zero-order valence-corrected chi connectivity index (χ0v) is 10.6. The number of rotatable bonds is 5. The van der Waals surface area contributed by atoms with E-state index < -0.39 is 0 Å². The van der Waals surface area contributed by atoms with Crippen molar-refractivity contribution in [3.63, 3.8) is 0 Å². The molecule has 1 fully saturated rings. The lowest BCUT2D eigenvalue weighted by Gasteiger charge is -2.21. The molecule has 1 aliphatic rings. The van der Waals surface area contributed by atoms with Gasteiger partial charge in [0.25, 0.3) is 0 Å². The topological polar surface area (TPSA) is 0 Å². The molecule has 0 nitrogen and oxygen atoms in total. The highest BCUT2D eigenvalue weighted by atomic mass is 79.9. The SMILES string of the molecule is CC(C)CCC(CBr)C1CCCC1. The smallest absolute Gasteiger partial charge is 0.00623 e. The fourth-order valence-electron chi connectivity index (χ4n) is 2.42. The molecule has 0 bridgehead atoms. The van der Waals surface area contributed by atoms with Crippen LogP contribution in [0.2, 0.25) is 0 Å².